The van der Waals surface area contributed by atoms with Crippen LogP contribution >= 0.6 is 0 Å². The Balaban J connectivity index is 2.22. The third-order valence-electron chi connectivity index (χ3n) is 3.24. The van der Waals surface area contributed by atoms with Gasteiger partial charge in [0.1, 0.15) is 0 Å². The Bertz CT molecular complexity index is 212. The van der Waals surface area contributed by atoms with E-state index in [1.165, 1.54) is 0 Å². The summed E-state index contributed by atoms with van der Waals surface area (Å²) < 4.78 is 0. The minimum absolute atomic E-state index is 0.202. The van der Waals surface area contributed by atoms with Crippen LogP contribution in [0.4, 0.5) is 0 Å². The van der Waals surface area contributed by atoms with Gasteiger partial charge in [0, 0.05) is 12.6 Å². The van der Waals surface area contributed by atoms with Crippen molar-refractivity contribution in [1.29, 1.82) is 0 Å². The molecule has 0 spiro atoms. The lowest BCUT2D eigenvalue weighted by Crippen LogP contribution is -2.41. The zero-order valence-corrected chi connectivity index (χ0v) is 7.41. The van der Waals surface area contributed by atoms with E-state index < -0.39 is 30.5 Å². The monoisotopic (exact) mass is 189 g/mol. The van der Waals surface area contributed by atoms with Crippen LogP contribution in [0.25, 0.3) is 0 Å². The molecular weight excluding hydrogens is 174 g/mol. The Labute approximate surface area is 76.2 Å². The van der Waals surface area contributed by atoms with Gasteiger partial charge in [-0.25, -0.2) is 0 Å². The van der Waals surface area contributed by atoms with Gasteiger partial charge in [0.15, 0.2) is 0 Å². The van der Waals surface area contributed by atoms with Crippen molar-refractivity contribution in [3.63, 3.8) is 0 Å². The molecule has 2 aliphatic heterocycles. The maximum Gasteiger partial charge on any atom is 0.0995 e. The molecule has 0 aromatic carbocycles. The molecule has 2 rings (SSSR count). The quantitative estimate of drug-likeness (QED) is 0.339. The summed E-state index contributed by atoms with van der Waals surface area (Å²) >= 11 is 0. The molecule has 2 heterocycles. The molecular formula is C8H15NO4. The van der Waals surface area contributed by atoms with E-state index in [0.717, 1.165) is 0 Å². The molecule has 2 aliphatic rings. The molecule has 0 saturated carbocycles. The molecule has 0 amide bonds. The van der Waals surface area contributed by atoms with Crippen molar-refractivity contribution < 1.29 is 20.4 Å². The maximum absolute atomic E-state index is 9.56. The van der Waals surface area contributed by atoms with Gasteiger partial charge in [-0.3, -0.25) is 4.90 Å². The number of aliphatic hydroxyl groups excluding tert-OH is 4. The third kappa shape index (κ3) is 1.12. The Hall–Kier alpha value is -0.200. The molecule has 0 aliphatic carbocycles. The van der Waals surface area contributed by atoms with Gasteiger partial charge >= 0.3 is 0 Å². The van der Waals surface area contributed by atoms with Crippen molar-refractivity contribution in [2.45, 2.75) is 43.4 Å². The average molecular weight is 189 g/mol. The van der Waals surface area contributed by atoms with E-state index in [0.29, 0.717) is 6.54 Å². The minimum atomic E-state index is -0.956. The number of fused-ring (bicyclic) bond motifs is 1. The lowest BCUT2D eigenvalue weighted by molar-refractivity contribution is -0.0234. The van der Waals surface area contributed by atoms with E-state index in [2.05, 4.69) is 0 Å². The van der Waals surface area contributed by atoms with Crippen molar-refractivity contribution in [3.8, 4) is 0 Å². The second kappa shape index (κ2) is 2.90. The van der Waals surface area contributed by atoms with Crippen LogP contribution < -0.4 is 0 Å². The molecule has 76 valence electrons. The van der Waals surface area contributed by atoms with Crippen molar-refractivity contribution >= 4 is 0 Å². The van der Waals surface area contributed by atoms with E-state index >= 15 is 0 Å². The molecule has 2 saturated heterocycles. The summed E-state index contributed by atoms with van der Waals surface area (Å²) in [7, 11) is 0. The zero-order chi connectivity index (χ0) is 9.75. The molecule has 6 unspecified atom stereocenters. The highest BCUT2D eigenvalue weighted by molar-refractivity contribution is 5.08. The van der Waals surface area contributed by atoms with Gasteiger partial charge in [-0.05, 0) is 6.92 Å². The van der Waals surface area contributed by atoms with Crippen LogP contribution in [0.15, 0.2) is 0 Å². The number of nitrogens with zero attached hydrogens (tertiary/aromatic N) is 1. The van der Waals surface area contributed by atoms with E-state index in [-0.39, 0.29) is 6.04 Å². The molecule has 0 bridgehead atoms. The van der Waals surface area contributed by atoms with E-state index in [4.69, 9.17) is 0 Å². The first-order chi connectivity index (χ1) is 6.04. The van der Waals surface area contributed by atoms with Gasteiger partial charge in [-0.15, -0.1) is 0 Å². The summed E-state index contributed by atoms with van der Waals surface area (Å²) in [6.07, 6.45) is -3.54. The molecule has 0 aromatic heterocycles. The minimum Gasteiger partial charge on any atom is -0.389 e. The summed E-state index contributed by atoms with van der Waals surface area (Å²) in [5.41, 5.74) is 0. The SMILES string of the molecule is CC1C(O)C(O)C2C(O)C(O)CN12. The fourth-order valence-corrected chi connectivity index (χ4v) is 2.39. The van der Waals surface area contributed by atoms with Gasteiger partial charge in [-0.2, -0.15) is 0 Å². The van der Waals surface area contributed by atoms with Crippen LogP contribution in [0.2, 0.25) is 0 Å². The van der Waals surface area contributed by atoms with Gasteiger partial charge in [0.2, 0.25) is 0 Å². The van der Waals surface area contributed by atoms with Gasteiger partial charge in [-0.1, -0.05) is 0 Å². The maximum atomic E-state index is 9.56. The van der Waals surface area contributed by atoms with E-state index in [1.807, 2.05) is 0 Å². The predicted octanol–water partition coefficient (Wildman–Crippen LogP) is -2.48. The largest absolute Gasteiger partial charge is 0.389 e. The van der Waals surface area contributed by atoms with Crippen LogP contribution in [-0.4, -0.2) is 68.4 Å². The Kier molecular flexibility index (Phi) is 2.08. The van der Waals surface area contributed by atoms with Crippen molar-refractivity contribution in [2.75, 3.05) is 6.54 Å². The Morgan fingerprint density at radius 3 is 2.15 bits per heavy atom. The number of aliphatic hydroxyl groups is 4. The predicted molar refractivity (Wildman–Crippen MR) is 44.0 cm³/mol. The highest BCUT2D eigenvalue weighted by Crippen LogP contribution is 2.33. The van der Waals surface area contributed by atoms with Crippen LogP contribution in [-0.2, 0) is 0 Å². The molecule has 6 atom stereocenters. The number of rotatable bonds is 0. The van der Waals surface area contributed by atoms with Gasteiger partial charge < -0.3 is 20.4 Å². The first-order valence-corrected chi connectivity index (χ1v) is 4.52. The summed E-state index contributed by atoms with van der Waals surface area (Å²) in [6.45, 7) is 2.10. The van der Waals surface area contributed by atoms with Crippen LogP contribution in [0.3, 0.4) is 0 Å². The molecule has 0 aromatic rings. The lowest BCUT2D eigenvalue weighted by atomic mass is 10.0. The fourth-order valence-electron chi connectivity index (χ4n) is 2.39. The molecule has 0 radical (unpaired) electrons. The normalized spacial score (nSPS) is 57.0. The summed E-state index contributed by atoms with van der Waals surface area (Å²) in [5.74, 6) is 0. The van der Waals surface area contributed by atoms with Gasteiger partial charge in [0.05, 0.1) is 30.5 Å². The topological polar surface area (TPSA) is 84.2 Å². The smallest absolute Gasteiger partial charge is 0.0995 e. The summed E-state index contributed by atoms with van der Waals surface area (Å²) in [4.78, 5) is 1.75. The highest BCUT2D eigenvalue weighted by atomic mass is 16.4. The van der Waals surface area contributed by atoms with Crippen LogP contribution in [0.1, 0.15) is 6.92 Å². The van der Waals surface area contributed by atoms with E-state index in [1.54, 1.807) is 11.8 Å². The lowest BCUT2D eigenvalue weighted by Gasteiger charge is -2.20. The molecule has 13 heavy (non-hydrogen) atoms. The van der Waals surface area contributed by atoms with E-state index in [9.17, 15) is 20.4 Å². The average Bonchev–Trinajstić information content (AvgIpc) is 2.48. The number of hydrogen-bond acceptors (Lipinski definition) is 5. The van der Waals surface area contributed by atoms with Gasteiger partial charge in [0.25, 0.3) is 0 Å². The first kappa shape index (κ1) is 9.36. The highest BCUT2D eigenvalue weighted by Gasteiger charge is 2.54. The molecule has 2 fully saturated rings. The number of hydrogen-bond donors (Lipinski definition) is 4. The van der Waals surface area contributed by atoms with Crippen molar-refractivity contribution in [1.82, 2.24) is 4.90 Å². The fraction of sp³-hybridized carbons (Fsp3) is 1.00. The second-order valence-corrected chi connectivity index (χ2v) is 3.97. The second-order valence-electron chi connectivity index (χ2n) is 3.97. The first-order valence-electron chi connectivity index (χ1n) is 4.52. The molecule has 5 heteroatoms. The van der Waals surface area contributed by atoms with Crippen LogP contribution in [0, 0.1) is 0 Å². The third-order valence-corrected chi connectivity index (χ3v) is 3.24. The van der Waals surface area contributed by atoms with Crippen molar-refractivity contribution in [2.24, 2.45) is 0 Å². The van der Waals surface area contributed by atoms with Crippen LogP contribution in [0.5, 0.6) is 0 Å². The van der Waals surface area contributed by atoms with Crippen molar-refractivity contribution in [3.05, 3.63) is 0 Å². The zero-order valence-electron chi connectivity index (χ0n) is 7.41. The Morgan fingerprint density at radius 1 is 1.00 bits per heavy atom. The summed E-state index contributed by atoms with van der Waals surface area (Å²) in [5, 5.41) is 37.9. The standard InChI is InChI=1S/C8H15NO4/c1-3-6(11)8(13)5-7(12)4(10)2-9(3)5/h3-8,10-13H,2H2,1H3. The summed E-state index contributed by atoms with van der Waals surface area (Å²) in [6, 6.07) is -0.716. The molecule has 4 N–H and O–H groups in total. The Morgan fingerprint density at radius 2 is 1.62 bits per heavy atom. The molecule has 5 nitrogen and oxygen atoms in total.